The Labute approximate surface area is 111 Å². The lowest BCUT2D eigenvalue weighted by Crippen LogP contribution is -2.07. The van der Waals surface area contributed by atoms with Crippen LogP contribution in [0.3, 0.4) is 0 Å². The molecule has 4 nitrogen and oxygen atoms in total. The summed E-state index contributed by atoms with van der Waals surface area (Å²) >= 11 is 0. The number of allylic oxidation sites excluding steroid dienone is 3. The highest BCUT2D eigenvalue weighted by atomic mass is 31.2. The Hall–Kier alpha value is -0.0194. The summed E-state index contributed by atoms with van der Waals surface area (Å²) in [7, 11) is -5.97. The van der Waals surface area contributed by atoms with Crippen molar-refractivity contribution in [1.29, 1.82) is 0 Å². The average Bonchev–Trinajstić information content (AvgIpc) is 2.30. The molecule has 8 heteroatoms. The van der Waals surface area contributed by atoms with Gasteiger partial charge in [-0.05, 0) is 18.1 Å². The van der Waals surface area contributed by atoms with E-state index in [1.165, 1.54) is 0 Å². The fourth-order valence-electron chi connectivity index (χ4n) is 0.855. The van der Waals surface area contributed by atoms with Crippen molar-refractivity contribution < 1.29 is 17.2 Å². The Morgan fingerprint density at radius 1 is 0.824 bits per heavy atom. The van der Waals surface area contributed by atoms with Crippen LogP contribution in [0.25, 0.3) is 0 Å². The minimum atomic E-state index is -3.27. The van der Waals surface area contributed by atoms with Crippen LogP contribution < -0.4 is 0 Å². The molecule has 0 aliphatic rings. The largest absolute Gasteiger partial charge is 0.443 e. The second-order valence-electron chi connectivity index (χ2n) is 3.18. The maximum atomic E-state index is 12.2. The standard InChI is InChI=1S/C9H21O4PSi3/c1-4-7-15-11-14(10,12-16-8-5-2)13-17-9-6-3/h4-6H,1-3,7-9,15-17H2. The first kappa shape index (κ1) is 17.0. The Morgan fingerprint density at radius 2 is 1.12 bits per heavy atom. The fourth-order valence-corrected chi connectivity index (χ4v) is 8.21. The van der Waals surface area contributed by atoms with E-state index >= 15 is 0 Å². The molecule has 0 atom stereocenters. The van der Waals surface area contributed by atoms with E-state index in [1.807, 2.05) is 0 Å². The lowest BCUT2D eigenvalue weighted by atomic mass is 10.8. The minimum Gasteiger partial charge on any atom is -0.338 e. The van der Waals surface area contributed by atoms with Crippen molar-refractivity contribution in [2.45, 2.75) is 18.1 Å². The molecule has 0 radical (unpaired) electrons. The number of hydrogen-bond acceptors (Lipinski definition) is 4. The molecule has 0 bridgehead atoms. The molecule has 0 aliphatic carbocycles. The molecular weight excluding hydrogens is 287 g/mol. The first-order valence-electron chi connectivity index (χ1n) is 5.55. The summed E-state index contributed by atoms with van der Waals surface area (Å²) in [6.45, 7) is 10.8. The molecule has 98 valence electrons. The van der Waals surface area contributed by atoms with E-state index in [9.17, 15) is 4.57 Å². The smallest absolute Gasteiger partial charge is 0.338 e. The molecule has 0 N–H and O–H groups in total. The van der Waals surface area contributed by atoms with E-state index in [4.69, 9.17) is 12.6 Å². The van der Waals surface area contributed by atoms with Gasteiger partial charge in [-0.15, -0.1) is 19.7 Å². The van der Waals surface area contributed by atoms with Gasteiger partial charge in [-0.1, -0.05) is 18.2 Å². The fraction of sp³-hybridized carbons (Fsp3) is 0.333. The Morgan fingerprint density at radius 3 is 1.35 bits per heavy atom. The van der Waals surface area contributed by atoms with Crippen LogP contribution in [0, 0.1) is 0 Å². The molecule has 0 amide bonds. The summed E-state index contributed by atoms with van der Waals surface area (Å²) in [6, 6.07) is 2.30. The van der Waals surface area contributed by atoms with Gasteiger partial charge in [0.25, 0.3) is 0 Å². The monoisotopic (exact) mass is 308 g/mol. The highest BCUT2D eigenvalue weighted by Gasteiger charge is 2.24. The van der Waals surface area contributed by atoms with Gasteiger partial charge < -0.3 is 12.6 Å². The molecular formula is C9H21O4PSi3. The van der Waals surface area contributed by atoms with Crippen molar-refractivity contribution in [3.8, 4) is 0 Å². The van der Waals surface area contributed by atoms with Gasteiger partial charge in [0.05, 0.1) is 0 Å². The average molecular weight is 308 g/mol. The van der Waals surface area contributed by atoms with Crippen LogP contribution in [-0.4, -0.2) is 29.3 Å². The van der Waals surface area contributed by atoms with Crippen molar-refractivity contribution in [2.24, 2.45) is 0 Å². The molecule has 0 heterocycles. The second kappa shape index (κ2) is 11.1. The first-order valence-corrected chi connectivity index (χ1v) is 11.7. The summed E-state index contributed by atoms with van der Waals surface area (Å²) in [6.07, 6.45) is 5.29. The molecule has 17 heavy (non-hydrogen) atoms. The topological polar surface area (TPSA) is 44.8 Å². The molecule has 0 aromatic rings. The molecule has 0 spiro atoms. The predicted octanol–water partition coefficient (Wildman–Crippen LogP) is 1.21. The molecule has 0 rings (SSSR count). The molecule has 0 fully saturated rings. The van der Waals surface area contributed by atoms with E-state index in [0.717, 1.165) is 18.1 Å². The number of rotatable bonds is 12. The van der Waals surface area contributed by atoms with E-state index in [0.29, 0.717) is 0 Å². The van der Waals surface area contributed by atoms with Crippen LogP contribution in [-0.2, 0) is 17.2 Å². The van der Waals surface area contributed by atoms with Gasteiger partial charge in [0, 0.05) is 0 Å². The van der Waals surface area contributed by atoms with Crippen molar-refractivity contribution in [2.75, 3.05) is 0 Å². The van der Waals surface area contributed by atoms with Crippen LogP contribution in [0.1, 0.15) is 0 Å². The lowest BCUT2D eigenvalue weighted by molar-refractivity contribution is 0.316. The van der Waals surface area contributed by atoms with Crippen LogP contribution >= 0.6 is 7.82 Å². The predicted molar refractivity (Wildman–Crippen MR) is 81.5 cm³/mol. The Bertz CT molecular complexity index is 243. The summed E-state index contributed by atoms with van der Waals surface area (Å²) in [4.78, 5) is 0. The third-order valence-electron chi connectivity index (χ3n) is 1.71. The Balaban J connectivity index is 4.12. The number of hydrogen-bond donors (Lipinski definition) is 0. The zero-order chi connectivity index (χ0) is 13.0. The van der Waals surface area contributed by atoms with Gasteiger partial charge in [0.1, 0.15) is 0 Å². The summed E-state index contributed by atoms with van der Waals surface area (Å²) < 4.78 is 28.2. The zero-order valence-corrected chi connectivity index (χ0v) is 15.3. The van der Waals surface area contributed by atoms with Crippen LogP contribution in [0.4, 0.5) is 0 Å². The summed E-state index contributed by atoms with van der Waals surface area (Å²) in [5.74, 6) is 0. The number of phosphoric acid groups is 1. The van der Waals surface area contributed by atoms with E-state index < -0.39 is 37.1 Å². The molecule has 0 aliphatic heterocycles. The van der Waals surface area contributed by atoms with Gasteiger partial charge in [0.15, 0.2) is 29.3 Å². The molecule has 0 unspecified atom stereocenters. The maximum absolute atomic E-state index is 12.2. The second-order valence-corrected chi connectivity index (χ2v) is 10.1. The maximum Gasteiger partial charge on any atom is 0.443 e. The van der Waals surface area contributed by atoms with E-state index in [2.05, 4.69) is 19.7 Å². The first-order chi connectivity index (χ1) is 8.18. The van der Waals surface area contributed by atoms with Gasteiger partial charge >= 0.3 is 7.82 Å². The van der Waals surface area contributed by atoms with Crippen LogP contribution in [0.15, 0.2) is 38.0 Å². The molecule has 0 saturated heterocycles. The van der Waals surface area contributed by atoms with Crippen LogP contribution in [0.5, 0.6) is 0 Å². The Kier molecular flexibility index (Phi) is 11.1. The normalized spacial score (nSPS) is 16.0. The summed E-state index contributed by atoms with van der Waals surface area (Å²) in [5, 5.41) is 0. The third kappa shape index (κ3) is 9.66. The minimum absolute atomic E-state index is 0.767. The van der Waals surface area contributed by atoms with Gasteiger partial charge in [-0.2, -0.15) is 0 Å². The van der Waals surface area contributed by atoms with Crippen molar-refractivity contribution in [3.05, 3.63) is 38.0 Å². The SMILES string of the molecule is C=CC[SiH2]OP(=O)(O[SiH2]CC=C)O[SiH2]CC=C. The van der Waals surface area contributed by atoms with E-state index in [-0.39, 0.29) is 0 Å². The lowest BCUT2D eigenvalue weighted by Gasteiger charge is -2.18. The van der Waals surface area contributed by atoms with Gasteiger partial charge in [-0.25, -0.2) is 4.57 Å². The molecule has 0 saturated carbocycles. The van der Waals surface area contributed by atoms with Gasteiger partial charge in [-0.3, -0.25) is 0 Å². The van der Waals surface area contributed by atoms with Crippen LogP contribution in [0.2, 0.25) is 18.1 Å². The van der Waals surface area contributed by atoms with Gasteiger partial charge in [0.2, 0.25) is 0 Å². The zero-order valence-electron chi connectivity index (χ0n) is 10.2. The van der Waals surface area contributed by atoms with Crippen molar-refractivity contribution in [1.82, 2.24) is 0 Å². The molecule has 0 aromatic carbocycles. The quantitative estimate of drug-likeness (QED) is 0.235. The van der Waals surface area contributed by atoms with Crippen molar-refractivity contribution in [3.63, 3.8) is 0 Å². The molecule has 0 aromatic heterocycles. The summed E-state index contributed by atoms with van der Waals surface area (Å²) in [5.41, 5.74) is 0. The highest BCUT2D eigenvalue weighted by molar-refractivity contribution is 7.51. The van der Waals surface area contributed by atoms with Crippen molar-refractivity contribution >= 4 is 37.1 Å². The highest BCUT2D eigenvalue weighted by Crippen LogP contribution is 2.48. The third-order valence-corrected chi connectivity index (χ3v) is 9.63. The van der Waals surface area contributed by atoms with E-state index in [1.54, 1.807) is 18.2 Å².